The van der Waals surface area contributed by atoms with Crippen molar-refractivity contribution in [2.24, 2.45) is 0 Å². The smallest absolute Gasteiger partial charge is 0.387 e. The summed E-state index contributed by atoms with van der Waals surface area (Å²) in [5.74, 6) is 0.122. The number of likely N-dealkylation sites (N-methyl/N-ethyl adjacent to an activating group) is 1. The van der Waals surface area contributed by atoms with Crippen molar-refractivity contribution in [3.63, 3.8) is 0 Å². The molecule has 1 unspecified atom stereocenters. The molecule has 1 atom stereocenters. The van der Waals surface area contributed by atoms with E-state index in [1.165, 1.54) is 28.2 Å². The van der Waals surface area contributed by atoms with Gasteiger partial charge in [-0.25, -0.2) is 4.98 Å². The number of hydrogen-bond acceptors (Lipinski definition) is 7. The molecular formula is C17H19F2N5O2S. The summed E-state index contributed by atoms with van der Waals surface area (Å²) >= 11 is 1.34. The average Bonchev–Trinajstić information content (AvgIpc) is 3.21. The number of ether oxygens (including phenoxy) is 1. The lowest BCUT2D eigenvalue weighted by atomic mass is 10.0. The van der Waals surface area contributed by atoms with Crippen LogP contribution >= 0.6 is 11.3 Å². The molecule has 27 heavy (non-hydrogen) atoms. The molecule has 0 amide bonds. The van der Waals surface area contributed by atoms with Crippen LogP contribution in [-0.4, -0.2) is 69.3 Å². The summed E-state index contributed by atoms with van der Waals surface area (Å²) in [6.45, 7) is 0.448. The van der Waals surface area contributed by atoms with Crippen molar-refractivity contribution in [1.82, 2.24) is 24.4 Å². The normalized spacial score (nSPS) is 17.6. The van der Waals surface area contributed by atoms with Crippen LogP contribution in [0.1, 0.15) is 16.5 Å². The van der Waals surface area contributed by atoms with Crippen LogP contribution in [0.4, 0.5) is 8.78 Å². The van der Waals surface area contributed by atoms with E-state index in [4.69, 9.17) is 0 Å². The zero-order valence-electron chi connectivity index (χ0n) is 14.6. The molecule has 1 aliphatic rings. The fourth-order valence-corrected chi connectivity index (χ4v) is 4.43. The van der Waals surface area contributed by atoms with Gasteiger partial charge in [-0.05, 0) is 24.7 Å². The van der Waals surface area contributed by atoms with Crippen LogP contribution in [0.2, 0.25) is 0 Å². The highest BCUT2D eigenvalue weighted by Gasteiger charge is 2.31. The van der Waals surface area contributed by atoms with Gasteiger partial charge in [0.05, 0.1) is 10.9 Å². The summed E-state index contributed by atoms with van der Waals surface area (Å²) in [5, 5.41) is 14.7. The molecule has 1 N–H and O–H groups in total. The van der Waals surface area contributed by atoms with E-state index < -0.39 is 6.61 Å². The van der Waals surface area contributed by atoms with Crippen LogP contribution in [0.25, 0.3) is 4.96 Å². The first kappa shape index (κ1) is 18.1. The maximum atomic E-state index is 12.6. The van der Waals surface area contributed by atoms with Crippen LogP contribution in [0.15, 0.2) is 30.6 Å². The van der Waals surface area contributed by atoms with Gasteiger partial charge in [0.15, 0.2) is 0 Å². The first-order valence-corrected chi connectivity index (χ1v) is 9.33. The zero-order valence-corrected chi connectivity index (χ0v) is 15.4. The summed E-state index contributed by atoms with van der Waals surface area (Å²) in [7, 11) is 2.06. The number of benzene rings is 1. The quantitative estimate of drug-likeness (QED) is 0.716. The molecule has 0 bridgehead atoms. The minimum Gasteiger partial charge on any atom is -0.492 e. The second kappa shape index (κ2) is 7.37. The van der Waals surface area contributed by atoms with E-state index in [0.717, 1.165) is 31.7 Å². The molecule has 7 nitrogen and oxygen atoms in total. The number of alkyl halides is 2. The predicted molar refractivity (Wildman–Crippen MR) is 96.5 cm³/mol. The van der Waals surface area contributed by atoms with Crippen molar-refractivity contribution in [2.75, 3.05) is 33.2 Å². The fraction of sp³-hybridized carbons (Fsp3) is 0.412. The van der Waals surface area contributed by atoms with Gasteiger partial charge in [0.25, 0.3) is 0 Å². The van der Waals surface area contributed by atoms with Crippen molar-refractivity contribution in [3.8, 4) is 11.6 Å². The Morgan fingerprint density at radius 1 is 1.22 bits per heavy atom. The molecule has 2 aromatic heterocycles. The van der Waals surface area contributed by atoms with Gasteiger partial charge in [0, 0.05) is 26.2 Å². The molecule has 0 saturated carbocycles. The molecule has 1 fully saturated rings. The van der Waals surface area contributed by atoms with E-state index in [9.17, 15) is 13.9 Å². The number of halogens is 2. The summed E-state index contributed by atoms with van der Waals surface area (Å²) in [5.41, 5.74) is 0.775. The lowest BCUT2D eigenvalue weighted by molar-refractivity contribution is -0.0499. The Hall–Kier alpha value is -2.30. The molecule has 1 aromatic carbocycles. The summed E-state index contributed by atoms with van der Waals surface area (Å²) in [4.78, 5) is 9.88. The van der Waals surface area contributed by atoms with Crippen molar-refractivity contribution in [2.45, 2.75) is 12.7 Å². The Morgan fingerprint density at radius 2 is 2.00 bits per heavy atom. The molecule has 0 aliphatic carbocycles. The van der Waals surface area contributed by atoms with Crippen LogP contribution in [0.3, 0.4) is 0 Å². The number of nitrogens with zero attached hydrogens (tertiary/aromatic N) is 5. The summed E-state index contributed by atoms with van der Waals surface area (Å²) < 4.78 is 31.2. The van der Waals surface area contributed by atoms with E-state index in [0.29, 0.717) is 9.84 Å². The second-order valence-corrected chi connectivity index (χ2v) is 7.45. The van der Waals surface area contributed by atoms with Gasteiger partial charge in [-0.3, -0.25) is 4.90 Å². The SMILES string of the molecule is CN1CCN(C(c2cccc(OC(F)F)c2)c2sc3ncnn3c2O)CC1. The molecule has 3 heterocycles. The molecule has 10 heteroatoms. The van der Waals surface area contributed by atoms with Gasteiger partial charge in [-0.2, -0.15) is 18.4 Å². The number of rotatable bonds is 5. The van der Waals surface area contributed by atoms with E-state index in [-0.39, 0.29) is 17.7 Å². The molecule has 3 aromatic rings. The highest BCUT2D eigenvalue weighted by atomic mass is 32.1. The van der Waals surface area contributed by atoms with Crippen LogP contribution < -0.4 is 4.74 Å². The number of fused-ring (bicyclic) bond motifs is 1. The number of thiazole rings is 1. The predicted octanol–water partition coefficient (Wildman–Crippen LogP) is 2.43. The standard InChI is InChI=1S/C17H19F2N5O2S/c1-22-5-7-23(8-6-22)13(11-3-2-4-12(9-11)26-16(18)19)14-15(25)24-17(27-14)20-10-21-24/h2-4,9-10,13,16,25H,5-8H2,1H3. The van der Waals surface area contributed by atoms with Crippen LogP contribution in [0, 0.1) is 0 Å². The topological polar surface area (TPSA) is 66.1 Å². The summed E-state index contributed by atoms with van der Waals surface area (Å²) in [6, 6.07) is 6.35. The third kappa shape index (κ3) is 3.60. The van der Waals surface area contributed by atoms with Gasteiger partial charge < -0.3 is 14.7 Å². The van der Waals surface area contributed by atoms with Gasteiger partial charge in [0.1, 0.15) is 12.1 Å². The first-order chi connectivity index (χ1) is 13.0. The third-order valence-electron chi connectivity index (χ3n) is 4.69. The Bertz CT molecular complexity index is 923. The van der Waals surface area contributed by atoms with E-state index >= 15 is 0 Å². The number of hydrogen-bond donors (Lipinski definition) is 1. The van der Waals surface area contributed by atoms with E-state index in [1.54, 1.807) is 12.1 Å². The van der Waals surface area contributed by atoms with Gasteiger partial charge in [-0.1, -0.05) is 23.5 Å². The van der Waals surface area contributed by atoms with E-state index in [1.807, 2.05) is 6.07 Å². The average molecular weight is 395 g/mol. The minimum atomic E-state index is -2.88. The van der Waals surface area contributed by atoms with E-state index in [2.05, 4.69) is 31.7 Å². The fourth-order valence-electron chi connectivity index (χ4n) is 3.34. The van der Waals surface area contributed by atoms with Crippen LogP contribution in [0.5, 0.6) is 11.6 Å². The Morgan fingerprint density at radius 3 is 2.70 bits per heavy atom. The molecule has 1 aliphatic heterocycles. The second-order valence-electron chi connectivity index (χ2n) is 6.44. The first-order valence-electron chi connectivity index (χ1n) is 8.51. The Labute approximate surface area is 158 Å². The van der Waals surface area contributed by atoms with Gasteiger partial charge in [0.2, 0.25) is 10.8 Å². The van der Waals surface area contributed by atoms with Crippen molar-refractivity contribution in [1.29, 1.82) is 0 Å². The largest absolute Gasteiger partial charge is 0.492 e. The lowest BCUT2D eigenvalue weighted by Gasteiger charge is -2.37. The summed E-state index contributed by atoms with van der Waals surface area (Å²) in [6.07, 6.45) is 1.39. The third-order valence-corrected chi connectivity index (χ3v) is 5.78. The maximum absolute atomic E-state index is 12.6. The molecule has 144 valence electrons. The Kier molecular flexibility index (Phi) is 4.94. The number of aromatic nitrogens is 3. The van der Waals surface area contributed by atoms with Gasteiger partial charge in [-0.15, -0.1) is 0 Å². The lowest BCUT2D eigenvalue weighted by Crippen LogP contribution is -2.46. The highest BCUT2D eigenvalue weighted by Crippen LogP contribution is 2.40. The minimum absolute atomic E-state index is 0.0246. The maximum Gasteiger partial charge on any atom is 0.387 e. The van der Waals surface area contributed by atoms with Crippen molar-refractivity contribution >= 4 is 16.3 Å². The monoisotopic (exact) mass is 395 g/mol. The molecule has 1 saturated heterocycles. The molecule has 0 radical (unpaired) electrons. The highest BCUT2D eigenvalue weighted by molar-refractivity contribution is 7.17. The van der Waals surface area contributed by atoms with Crippen LogP contribution in [-0.2, 0) is 0 Å². The Balaban J connectivity index is 1.76. The molecule has 0 spiro atoms. The number of aromatic hydroxyl groups is 1. The number of piperazine rings is 1. The van der Waals surface area contributed by atoms with Gasteiger partial charge >= 0.3 is 6.61 Å². The van der Waals surface area contributed by atoms with Crippen molar-refractivity contribution in [3.05, 3.63) is 41.0 Å². The molecular weight excluding hydrogens is 376 g/mol. The van der Waals surface area contributed by atoms with Crippen molar-refractivity contribution < 1.29 is 18.6 Å². The zero-order chi connectivity index (χ0) is 19.0. The molecule has 4 rings (SSSR count).